The zero-order valence-corrected chi connectivity index (χ0v) is 15.8. The molecular weight excluding hydrogens is 342 g/mol. The Morgan fingerprint density at radius 3 is 2.48 bits per heavy atom. The number of carbonyl (C=O) groups is 3. The van der Waals surface area contributed by atoms with Gasteiger partial charge in [-0.15, -0.1) is 0 Å². The Hall–Kier alpha value is -1.12. The van der Waals surface area contributed by atoms with Crippen molar-refractivity contribution in [3.63, 3.8) is 0 Å². The molecule has 3 aliphatic rings. The summed E-state index contributed by atoms with van der Waals surface area (Å²) in [6.07, 6.45) is 5.28. The lowest BCUT2D eigenvalue weighted by atomic mass is 9.83. The van der Waals surface area contributed by atoms with Crippen molar-refractivity contribution in [3.8, 4) is 0 Å². The quantitative estimate of drug-likeness (QED) is 0.496. The number of carbonyl (C=O) groups excluding carboxylic acids is 2. The van der Waals surface area contributed by atoms with Crippen molar-refractivity contribution in [2.75, 3.05) is 7.05 Å². The highest BCUT2D eigenvalue weighted by atomic mass is 32.2. The van der Waals surface area contributed by atoms with Crippen LogP contribution < -0.4 is 11.1 Å². The van der Waals surface area contributed by atoms with Gasteiger partial charge in [0.15, 0.2) is 5.37 Å². The third-order valence-electron chi connectivity index (χ3n) is 6.17. The van der Waals surface area contributed by atoms with Gasteiger partial charge in [0.25, 0.3) is 0 Å². The van der Waals surface area contributed by atoms with Crippen LogP contribution in [0.15, 0.2) is 0 Å². The Labute approximate surface area is 152 Å². The van der Waals surface area contributed by atoms with Crippen molar-refractivity contribution in [2.45, 2.75) is 74.2 Å². The topological polar surface area (TPSA) is 109 Å². The molecule has 0 bridgehead atoms. The highest BCUT2D eigenvalue weighted by Crippen LogP contribution is 2.55. The van der Waals surface area contributed by atoms with Crippen LogP contribution in [0, 0.1) is 5.92 Å². The van der Waals surface area contributed by atoms with E-state index in [1.807, 2.05) is 13.8 Å². The Balaban J connectivity index is 1.70. The molecule has 3 rings (SSSR count). The number of fused-ring (bicyclic) bond motifs is 1. The Morgan fingerprint density at radius 1 is 1.32 bits per heavy atom. The van der Waals surface area contributed by atoms with Gasteiger partial charge in [-0.3, -0.25) is 4.79 Å². The number of carboxylic acids is 1. The molecular formula is C17H28N3O4S+. The fraction of sp³-hybridized carbons (Fsp3) is 0.824. The highest BCUT2D eigenvalue weighted by molar-refractivity contribution is 8.01. The zero-order valence-electron chi connectivity index (χ0n) is 15.0. The van der Waals surface area contributed by atoms with Gasteiger partial charge in [-0.1, -0.05) is 31.0 Å². The van der Waals surface area contributed by atoms with Gasteiger partial charge in [0.2, 0.25) is 18.0 Å². The van der Waals surface area contributed by atoms with Gasteiger partial charge in [-0.25, -0.2) is 14.1 Å². The first kappa shape index (κ1) is 18.7. The van der Waals surface area contributed by atoms with E-state index in [-0.39, 0.29) is 27.6 Å². The lowest BCUT2D eigenvalue weighted by Crippen LogP contribution is -2.81. The van der Waals surface area contributed by atoms with E-state index in [9.17, 15) is 19.5 Å². The molecule has 1 aliphatic carbocycles. The summed E-state index contributed by atoms with van der Waals surface area (Å²) in [5.41, 5.74) is 6.13. The summed E-state index contributed by atoms with van der Waals surface area (Å²) >= 11 is 1.47. The molecule has 0 aromatic heterocycles. The molecule has 25 heavy (non-hydrogen) atoms. The second kappa shape index (κ2) is 6.25. The molecule has 2 amide bonds. The van der Waals surface area contributed by atoms with Gasteiger partial charge in [0.1, 0.15) is 0 Å². The predicted molar refractivity (Wildman–Crippen MR) is 94.6 cm³/mol. The molecule has 3 fully saturated rings. The Kier molecular flexibility index (Phi) is 4.66. The number of carboxylic acid groups (broad SMARTS) is 1. The first-order chi connectivity index (χ1) is 11.6. The number of hydrogen-bond acceptors (Lipinski definition) is 5. The summed E-state index contributed by atoms with van der Waals surface area (Å²) in [4.78, 5) is 37.0. The van der Waals surface area contributed by atoms with Gasteiger partial charge in [0, 0.05) is 0 Å². The monoisotopic (exact) mass is 370 g/mol. The molecule has 2 saturated heterocycles. The van der Waals surface area contributed by atoms with E-state index < -0.39 is 28.8 Å². The largest absolute Gasteiger partial charge is 0.477 e. The second-order valence-electron chi connectivity index (χ2n) is 8.25. The van der Waals surface area contributed by atoms with Crippen molar-refractivity contribution in [1.82, 2.24) is 5.32 Å². The normalized spacial score (nSPS) is 38.6. The smallest absolute Gasteiger partial charge is 0.364 e. The van der Waals surface area contributed by atoms with Crippen LogP contribution in [0.1, 0.15) is 46.0 Å². The number of nitrogens with zero attached hydrogens (tertiary/aromatic N) is 1. The van der Waals surface area contributed by atoms with E-state index in [4.69, 9.17) is 5.73 Å². The molecule has 4 N–H and O–H groups in total. The fourth-order valence-electron chi connectivity index (χ4n) is 4.86. The number of aliphatic carboxylic acids is 1. The average molecular weight is 370 g/mol. The maximum atomic E-state index is 12.7. The van der Waals surface area contributed by atoms with Crippen molar-refractivity contribution in [3.05, 3.63) is 0 Å². The summed E-state index contributed by atoms with van der Waals surface area (Å²) in [7, 11) is 1.66. The Bertz CT molecular complexity index is 605. The third-order valence-corrected chi connectivity index (χ3v) is 7.95. The molecule has 5 unspecified atom stereocenters. The molecule has 0 aromatic carbocycles. The number of nitrogens with one attached hydrogen (secondary N) is 1. The molecule has 2 aliphatic heterocycles. The minimum Gasteiger partial charge on any atom is -0.477 e. The standard InChI is InChI=1S/C17H27N3O4S/c1-17(2)12(16(23)24)20(3)14(22)11(15(20)25-17)19-13(21)10(18)9-7-5-4-6-8-9/h9-12,15H,4-8,18H2,1-3H3,(H-,19,21,23,24)/p+1. The van der Waals surface area contributed by atoms with Gasteiger partial charge in [0.05, 0.1) is 17.8 Å². The number of rotatable bonds is 4. The zero-order chi connectivity index (χ0) is 18.6. The van der Waals surface area contributed by atoms with E-state index in [1.165, 1.54) is 18.2 Å². The summed E-state index contributed by atoms with van der Waals surface area (Å²) in [6.45, 7) is 3.69. The average Bonchev–Trinajstić information content (AvgIpc) is 2.76. The third kappa shape index (κ3) is 2.78. The first-order valence-corrected chi connectivity index (χ1v) is 9.85. The van der Waals surface area contributed by atoms with Crippen molar-refractivity contribution < 1.29 is 24.0 Å². The van der Waals surface area contributed by atoms with Crippen LogP contribution in [0.5, 0.6) is 0 Å². The van der Waals surface area contributed by atoms with E-state index in [0.29, 0.717) is 0 Å². The maximum absolute atomic E-state index is 12.7. The number of nitrogens with two attached hydrogens (primary N) is 1. The van der Waals surface area contributed by atoms with Gasteiger partial charge < -0.3 is 16.2 Å². The van der Waals surface area contributed by atoms with Crippen LogP contribution in [0.3, 0.4) is 0 Å². The van der Waals surface area contributed by atoms with E-state index in [0.717, 1.165) is 25.7 Å². The number of quaternary nitrogens is 1. The summed E-state index contributed by atoms with van der Waals surface area (Å²) in [5.74, 6) is -1.32. The van der Waals surface area contributed by atoms with Crippen molar-refractivity contribution in [1.29, 1.82) is 0 Å². The number of amides is 2. The molecule has 2 heterocycles. The number of hydrogen-bond donors (Lipinski definition) is 3. The van der Waals surface area contributed by atoms with Crippen molar-refractivity contribution >= 4 is 29.5 Å². The minimum absolute atomic E-state index is 0.156. The summed E-state index contributed by atoms with van der Waals surface area (Å²) in [5, 5.41) is 12.1. The number of likely N-dealkylation sites (N-methyl/N-ethyl adjacent to an activating group) is 1. The van der Waals surface area contributed by atoms with Gasteiger partial charge in [-0.2, -0.15) is 0 Å². The molecule has 0 radical (unpaired) electrons. The molecule has 5 atom stereocenters. The van der Waals surface area contributed by atoms with E-state index in [2.05, 4.69) is 5.32 Å². The minimum atomic E-state index is -0.973. The van der Waals surface area contributed by atoms with Crippen LogP contribution >= 0.6 is 11.8 Å². The van der Waals surface area contributed by atoms with Gasteiger partial charge >= 0.3 is 11.9 Å². The molecule has 0 spiro atoms. The molecule has 1 saturated carbocycles. The number of thioether (sulfide) groups is 1. The van der Waals surface area contributed by atoms with Crippen LogP contribution in [0.2, 0.25) is 0 Å². The lowest BCUT2D eigenvalue weighted by Gasteiger charge is -2.48. The second-order valence-corrected chi connectivity index (χ2v) is 10.0. The van der Waals surface area contributed by atoms with Crippen LogP contribution in [0.25, 0.3) is 0 Å². The SMILES string of the molecule is CC1(C)SC2C(NC(=O)C(N)C3CCCCC3)C(=O)[N+]2(C)C1C(=O)O. The van der Waals surface area contributed by atoms with Crippen LogP contribution in [-0.2, 0) is 14.4 Å². The highest BCUT2D eigenvalue weighted by Gasteiger charge is 2.76. The van der Waals surface area contributed by atoms with Gasteiger partial charge in [-0.05, 0) is 32.6 Å². The Morgan fingerprint density at radius 2 is 1.92 bits per heavy atom. The van der Waals surface area contributed by atoms with Crippen LogP contribution in [-0.4, -0.2) is 62.7 Å². The molecule has 0 aromatic rings. The fourth-order valence-corrected chi connectivity index (χ4v) is 6.70. The van der Waals surface area contributed by atoms with E-state index >= 15 is 0 Å². The van der Waals surface area contributed by atoms with Crippen LogP contribution in [0.4, 0.5) is 0 Å². The maximum Gasteiger partial charge on any atom is 0.364 e. The molecule has 7 nitrogen and oxygen atoms in total. The summed E-state index contributed by atoms with van der Waals surface area (Å²) < 4.78 is -0.734. The van der Waals surface area contributed by atoms with Crippen molar-refractivity contribution in [2.24, 2.45) is 11.7 Å². The molecule has 8 heteroatoms. The summed E-state index contributed by atoms with van der Waals surface area (Å²) in [6, 6.07) is -2.06. The first-order valence-electron chi connectivity index (χ1n) is 8.97. The lowest BCUT2D eigenvalue weighted by molar-refractivity contribution is -0.885. The molecule has 140 valence electrons. The van der Waals surface area contributed by atoms with E-state index in [1.54, 1.807) is 7.05 Å². The predicted octanol–water partition coefficient (Wildman–Crippen LogP) is 0.670. The number of β-lactam (4-membered cyclic amide) rings is 1.